The van der Waals surface area contributed by atoms with Gasteiger partial charge in [0.2, 0.25) is 0 Å². The molecule has 1 aliphatic rings. The van der Waals surface area contributed by atoms with E-state index in [0.29, 0.717) is 32.3 Å². The van der Waals surface area contributed by atoms with Crippen LogP contribution >= 0.6 is 56.5 Å². The average Bonchev–Trinajstić information content (AvgIpc) is 3.41. The van der Waals surface area contributed by atoms with E-state index in [1.807, 2.05) is 72.8 Å². The number of esters is 1. The number of nitrogens with zero attached hydrogens (tertiary/aromatic N) is 3. The number of hydrogen-bond acceptors (Lipinski definition) is 8. The monoisotopic (exact) mass is 911 g/mol. The van der Waals surface area contributed by atoms with Crippen LogP contribution in [0.1, 0.15) is 60.5 Å². The van der Waals surface area contributed by atoms with Gasteiger partial charge < -0.3 is 9.47 Å². The van der Waals surface area contributed by atoms with E-state index in [4.69, 9.17) is 14.5 Å². The van der Waals surface area contributed by atoms with Gasteiger partial charge in [0.15, 0.2) is 4.80 Å². The number of hydrogen-bond donors (Lipinski definition) is 0. The molecule has 9 nitrogen and oxygen atoms in total. The molecule has 0 aliphatic carbocycles. The molecule has 0 saturated carbocycles. The first kappa shape index (κ1) is 35.7. The minimum absolute atomic E-state index is 0.0244. The Morgan fingerprint density at radius 2 is 1.68 bits per heavy atom. The van der Waals surface area contributed by atoms with Gasteiger partial charge in [0, 0.05) is 17.7 Å². The van der Waals surface area contributed by atoms with Crippen LogP contribution < -0.4 is 19.6 Å². The minimum atomic E-state index is -0.751. The van der Waals surface area contributed by atoms with Gasteiger partial charge >= 0.3 is 5.97 Å². The van der Waals surface area contributed by atoms with Gasteiger partial charge in [0.25, 0.3) is 11.2 Å². The van der Waals surface area contributed by atoms with Gasteiger partial charge in [-0.05, 0) is 111 Å². The second-order valence-electron chi connectivity index (χ2n) is 11.8. The highest BCUT2D eigenvalue weighted by Gasteiger charge is 2.35. The number of rotatable bonds is 10. The molecule has 0 fully saturated rings. The van der Waals surface area contributed by atoms with Gasteiger partial charge in [0.1, 0.15) is 12.4 Å². The van der Waals surface area contributed by atoms with Crippen molar-refractivity contribution in [1.82, 2.24) is 4.57 Å². The predicted molar refractivity (Wildman–Crippen MR) is 211 cm³/mol. The van der Waals surface area contributed by atoms with Crippen LogP contribution in [0.5, 0.6) is 5.75 Å². The molecule has 0 radical (unpaired) electrons. The maximum Gasteiger partial charge on any atom is 0.338 e. The molecule has 1 atom stereocenters. The summed E-state index contributed by atoms with van der Waals surface area (Å²) in [6.45, 7) is 6.42. The molecular formula is C38H31I2N3O6S. The van der Waals surface area contributed by atoms with Gasteiger partial charge in [-0.15, -0.1) is 0 Å². The number of non-ortho nitro benzene ring substituents is 1. The molecule has 0 N–H and O–H groups in total. The molecule has 50 heavy (non-hydrogen) atoms. The van der Waals surface area contributed by atoms with Gasteiger partial charge in [-0.25, -0.2) is 9.79 Å². The smallest absolute Gasteiger partial charge is 0.338 e. The van der Waals surface area contributed by atoms with E-state index in [1.165, 1.54) is 23.5 Å². The lowest BCUT2D eigenvalue weighted by Crippen LogP contribution is -2.40. The molecule has 0 spiro atoms. The van der Waals surface area contributed by atoms with Crippen LogP contribution in [0.2, 0.25) is 0 Å². The van der Waals surface area contributed by atoms with Crippen LogP contribution in [-0.2, 0) is 16.1 Å². The highest BCUT2D eigenvalue weighted by molar-refractivity contribution is 14.1. The Hall–Kier alpha value is -4.15. The lowest BCUT2D eigenvalue weighted by atomic mass is 9.91. The first-order valence-corrected chi connectivity index (χ1v) is 18.8. The summed E-state index contributed by atoms with van der Waals surface area (Å²) >= 11 is 5.68. The number of aromatic nitrogens is 1. The van der Waals surface area contributed by atoms with Crippen molar-refractivity contribution in [3.8, 4) is 5.75 Å². The molecule has 12 heteroatoms. The summed E-state index contributed by atoms with van der Waals surface area (Å²) in [4.78, 5) is 44.1. The van der Waals surface area contributed by atoms with Crippen LogP contribution in [0.4, 0.5) is 5.69 Å². The summed E-state index contributed by atoms with van der Waals surface area (Å²) in [6, 6.07) is 26.9. The van der Waals surface area contributed by atoms with Crippen molar-refractivity contribution in [3.05, 3.63) is 161 Å². The SMILES string of the molecule is CCOC(=O)C1=C(c2ccccc2)N=c2s/c(=C\c3cc(I)c(OCc4ccc([N+](=O)[O-])cc4)c(I)c3)c(=O)n2[C@@H]1c1ccc(C(C)C)cc1. The van der Waals surface area contributed by atoms with E-state index in [2.05, 4.69) is 59.0 Å². The summed E-state index contributed by atoms with van der Waals surface area (Å²) in [6.07, 6.45) is 1.84. The molecule has 1 aromatic heterocycles. The topological polar surface area (TPSA) is 113 Å². The molecule has 6 rings (SSSR count). The molecule has 0 bridgehead atoms. The number of nitro groups is 1. The maximum absolute atomic E-state index is 14.3. The second kappa shape index (κ2) is 15.4. The number of halogens is 2. The number of nitro benzene ring substituents is 1. The number of carbonyl (C=O) groups excluding carboxylic acids is 1. The molecule has 1 aliphatic heterocycles. The van der Waals surface area contributed by atoms with Crippen LogP contribution in [0.3, 0.4) is 0 Å². The largest absolute Gasteiger partial charge is 0.487 e. The van der Waals surface area contributed by atoms with E-state index in [-0.39, 0.29) is 24.5 Å². The fraction of sp³-hybridized carbons (Fsp3) is 0.184. The lowest BCUT2D eigenvalue weighted by Gasteiger charge is -2.26. The molecule has 0 saturated heterocycles. The molecular weight excluding hydrogens is 880 g/mol. The van der Waals surface area contributed by atoms with Crippen molar-refractivity contribution in [2.45, 2.75) is 39.3 Å². The number of fused-ring (bicyclic) bond motifs is 1. The van der Waals surface area contributed by atoms with Gasteiger partial charge in [-0.2, -0.15) is 0 Å². The minimum Gasteiger partial charge on any atom is -0.487 e. The lowest BCUT2D eigenvalue weighted by molar-refractivity contribution is -0.384. The Labute approximate surface area is 319 Å². The van der Waals surface area contributed by atoms with Crippen LogP contribution in [0.25, 0.3) is 11.8 Å². The summed E-state index contributed by atoms with van der Waals surface area (Å²) in [5, 5.41) is 11.0. The molecule has 4 aromatic carbocycles. The highest BCUT2D eigenvalue weighted by Crippen LogP contribution is 2.36. The van der Waals surface area contributed by atoms with E-state index >= 15 is 0 Å². The standard InChI is InChI=1S/C38H31I2N3O6S/c1-4-48-37(45)32-33(26-8-6-5-7-9-26)41-38-42(34(32)27-14-12-25(13-15-27)22(2)3)36(44)31(50-38)20-24-18-29(39)35(30(40)19-24)49-21-23-10-16-28(17-11-23)43(46)47/h5-20,22,34H,4,21H2,1-3H3/b31-20-/t34-/m1/s1. The van der Waals surface area contributed by atoms with Crippen molar-refractivity contribution in [2.75, 3.05) is 6.61 Å². The molecule has 2 heterocycles. The zero-order chi connectivity index (χ0) is 35.5. The van der Waals surface area contributed by atoms with Crippen LogP contribution in [-0.4, -0.2) is 22.1 Å². The summed E-state index contributed by atoms with van der Waals surface area (Å²) in [7, 11) is 0. The molecule has 0 unspecified atom stereocenters. The van der Waals surface area contributed by atoms with Crippen molar-refractivity contribution in [2.24, 2.45) is 4.99 Å². The van der Waals surface area contributed by atoms with Gasteiger partial charge in [-0.1, -0.05) is 79.8 Å². The zero-order valence-corrected chi connectivity index (χ0v) is 32.4. The number of carbonyl (C=O) groups is 1. The van der Waals surface area contributed by atoms with Crippen molar-refractivity contribution < 1.29 is 19.2 Å². The van der Waals surface area contributed by atoms with Crippen molar-refractivity contribution in [1.29, 1.82) is 0 Å². The van der Waals surface area contributed by atoms with Gasteiger partial charge in [0.05, 0.1) is 40.5 Å². The van der Waals surface area contributed by atoms with E-state index in [1.54, 1.807) is 23.6 Å². The maximum atomic E-state index is 14.3. The Kier molecular flexibility index (Phi) is 11.0. The predicted octanol–water partition coefficient (Wildman–Crippen LogP) is 7.76. The highest BCUT2D eigenvalue weighted by atomic mass is 127. The number of benzene rings is 4. The molecule has 5 aromatic rings. The van der Waals surface area contributed by atoms with E-state index in [0.717, 1.165) is 35.0 Å². The first-order valence-electron chi connectivity index (χ1n) is 15.8. The Morgan fingerprint density at radius 3 is 2.28 bits per heavy atom. The fourth-order valence-electron chi connectivity index (χ4n) is 5.64. The van der Waals surface area contributed by atoms with Gasteiger partial charge in [-0.3, -0.25) is 19.5 Å². The third kappa shape index (κ3) is 7.47. The van der Waals surface area contributed by atoms with Crippen molar-refractivity contribution >= 4 is 79.9 Å². The normalized spacial score (nSPS) is 14.4. The Morgan fingerprint density at radius 1 is 1.02 bits per heavy atom. The van der Waals surface area contributed by atoms with E-state index in [9.17, 15) is 19.7 Å². The third-order valence-corrected chi connectivity index (χ3v) is 10.7. The first-order chi connectivity index (χ1) is 24.0. The third-order valence-electron chi connectivity index (χ3n) is 8.14. The number of ether oxygens (including phenoxy) is 2. The zero-order valence-electron chi connectivity index (χ0n) is 27.3. The van der Waals surface area contributed by atoms with Crippen LogP contribution in [0, 0.1) is 17.3 Å². The number of thiazole rings is 1. The summed E-state index contributed by atoms with van der Waals surface area (Å²) in [5.41, 5.74) is 4.85. The second-order valence-corrected chi connectivity index (χ2v) is 15.1. The molecule has 0 amide bonds. The average molecular weight is 912 g/mol. The Balaban J connectivity index is 1.44. The summed E-state index contributed by atoms with van der Waals surface area (Å²) in [5.74, 6) is 0.478. The Bertz CT molecular complexity index is 2270. The van der Waals surface area contributed by atoms with Crippen LogP contribution in [0.15, 0.2) is 106 Å². The van der Waals surface area contributed by atoms with E-state index < -0.39 is 16.9 Å². The summed E-state index contributed by atoms with van der Waals surface area (Å²) < 4.78 is 15.5. The quantitative estimate of drug-likeness (QED) is 0.0614. The molecule has 254 valence electrons. The van der Waals surface area contributed by atoms with Crippen molar-refractivity contribution in [3.63, 3.8) is 0 Å². The fourth-order valence-corrected chi connectivity index (χ4v) is 8.77.